The van der Waals surface area contributed by atoms with Gasteiger partial charge in [0.15, 0.2) is 0 Å². The average molecular weight is 310 g/mol. The largest absolute Gasteiger partial charge is 0.416 e. The molecule has 0 saturated heterocycles. The van der Waals surface area contributed by atoms with Crippen LogP contribution in [0.3, 0.4) is 0 Å². The number of ether oxygens (including phenoxy) is 1. The monoisotopic (exact) mass is 309 g/mol. The van der Waals surface area contributed by atoms with Crippen LogP contribution >= 0.6 is 11.6 Å². The summed E-state index contributed by atoms with van der Waals surface area (Å²) in [6.45, 7) is 4.82. The van der Waals surface area contributed by atoms with E-state index in [0.29, 0.717) is 18.8 Å². The topological polar surface area (TPSA) is 12.5 Å². The highest BCUT2D eigenvalue weighted by atomic mass is 35.5. The van der Waals surface area contributed by atoms with Crippen LogP contribution in [0.2, 0.25) is 0 Å². The van der Waals surface area contributed by atoms with E-state index in [4.69, 9.17) is 16.3 Å². The van der Waals surface area contributed by atoms with E-state index in [1.165, 1.54) is 6.07 Å². The van der Waals surface area contributed by atoms with Gasteiger partial charge in [0.1, 0.15) is 0 Å². The zero-order chi connectivity index (χ0) is 15.3. The molecule has 0 saturated carbocycles. The fourth-order valence-electron chi connectivity index (χ4n) is 1.74. The Balaban J connectivity index is 2.86. The Kier molecular flexibility index (Phi) is 6.14. The molecule has 114 valence electrons. The summed E-state index contributed by atoms with van der Waals surface area (Å²) in [5.41, 5.74) is -0.0880. The molecule has 0 amide bonds. The Morgan fingerprint density at radius 3 is 2.45 bits per heavy atom. The standard InChI is InChI=1S/C14H19ClF3NO/c1-10(2)20-7-6-19(3)12-5-4-11(9-15)13(8-12)14(16,17)18/h4-5,8,10H,6-7,9H2,1-3H3. The predicted molar refractivity (Wildman–Crippen MR) is 75.4 cm³/mol. The number of hydrogen-bond acceptors (Lipinski definition) is 2. The molecule has 0 N–H and O–H groups in total. The Morgan fingerprint density at radius 2 is 1.95 bits per heavy atom. The van der Waals surface area contributed by atoms with E-state index in [0.717, 1.165) is 6.07 Å². The van der Waals surface area contributed by atoms with Crippen LogP contribution < -0.4 is 4.90 Å². The molecule has 0 heterocycles. The van der Waals surface area contributed by atoms with E-state index in [1.54, 1.807) is 18.0 Å². The van der Waals surface area contributed by atoms with Crippen molar-refractivity contribution in [1.82, 2.24) is 0 Å². The van der Waals surface area contributed by atoms with Crippen molar-refractivity contribution < 1.29 is 17.9 Å². The van der Waals surface area contributed by atoms with Gasteiger partial charge < -0.3 is 9.64 Å². The normalized spacial score (nSPS) is 12.0. The summed E-state index contributed by atoms with van der Waals surface area (Å²) in [7, 11) is 1.74. The van der Waals surface area contributed by atoms with Crippen LogP contribution in [-0.2, 0) is 16.8 Å². The van der Waals surface area contributed by atoms with E-state index in [1.807, 2.05) is 13.8 Å². The quantitative estimate of drug-likeness (QED) is 0.726. The molecule has 0 radical (unpaired) electrons. The molecular weight excluding hydrogens is 291 g/mol. The maximum Gasteiger partial charge on any atom is 0.416 e. The van der Waals surface area contributed by atoms with Crippen molar-refractivity contribution in [2.24, 2.45) is 0 Å². The van der Waals surface area contributed by atoms with E-state index in [-0.39, 0.29) is 17.5 Å². The van der Waals surface area contributed by atoms with Crippen molar-refractivity contribution in [3.8, 4) is 0 Å². The molecule has 0 aliphatic carbocycles. The lowest BCUT2D eigenvalue weighted by Crippen LogP contribution is -2.24. The van der Waals surface area contributed by atoms with Crippen LogP contribution in [0, 0.1) is 0 Å². The minimum atomic E-state index is -4.39. The third-order valence-corrected chi connectivity index (χ3v) is 3.15. The summed E-state index contributed by atoms with van der Waals surface area (Å²) in [5, 5.41) is 0. The van der Waals surface area contributed by atoms with Crippen LogP contribution in [0.1, 0.15) is 25.0 Å². The van der Waals surface area contributed by atoms with E-state index in [9.17, 15) is 13.2 Å². The highest BCUT2D eigenvalue weighted by molar-refractivity contribution is 6.17. The first-order valence-corrected chi connectivity index (χ1v) is 6.88. The lowest BCUT2D eigenvalue weighted by molar-refractivity contribution is -0.138. The van der Waals surface area contributed by atoms with Crippen molar-refractivity contribution >= 4 is 17.3 Å². The zero-order valence-corrected chi connectivity index (χ0v) is 12.6. The SMILES string of the molecule is CC(C)OCCN(C)c1ccc(CCl)c(C(F)(F)F)c1. The van der Waals surface area contributed by atoms with Gasteiger partial charge in [-0.2, -0.15) is 13.2 Å². The van der Waals surface area contributed by atoms with Gasteiger partial charge in [-0.25, -0.2) is 0 Å². The number of halogens is 4. The number of anilines is 1. The van der Waals surface area contributed by atoms with Gasteiger partial charge in [0.25, 0.3) is 0 Å². The van der Waals surface area contributed by atoms with Crippen molar-refractivity contribution in [2.75, 3.05) is 25.1 Å². The molecule has 20 heavy (non-hydrogen) atoms. The molecule has 0 aliphatic rings. The fraction of sp³-hybridized carbons (Fsp3) is 0.571. The summed E-state index contributed by atoms with van der Waals surface area (Å²) >= 11 is 5.55. The first-order valence-electron chi connectivity index (χ1n) is 6.34. The van der Waals surface area contributed by atoms with Crippen molar-refractivity contribution in [3.05, 3.63) is 29.3 Å². The molecule has 1 aromatic carbocycles. The van der Waals surface area contributed by atoms with E-state index >= 15 is 0 Å². The van der Waals surface area contributed by atoms with Gasteiger partial charge in [-0.15, -0.1) is 11.6 Å². The number of nitrogens with zero attached hydrogens (tertiary/aromatic N) is 1. The lowest BCUT2D eigenvalue weighted by Gasteiger charge is -2.22. The second-order valence-corrected chi connectivity index (χ2v) is 5.08. The van der Waals surface area contributed by atoms with Gasteiger partial charge in [-0.3, -0.25) is 0 Å². The highest BCUT2D eigenvalue weighted by Gasteiger charge is 2.33. The molecule has 1 aromatic rings. The van der Waals surface area contributed by atoms with Gasteiger partial charge in [0.2, 0.25) is 0 Å². The first-order chi connectivity index (χ1) is 9.25. The van der Waals surface area contributed by atoms with E-state index in [2.05, 4.69) is 0 Å². The third kappa shape index (κ3) is 4.87. The molecule has 0 aliphatic heterocycles. The lowest BCUT2D eigenvalue weighted by atomic mass is 10.1. The smallest absolute Gasteiger partial charge is 0.377 e. The summed E-state index contributed by atoms with van der Waals surface area (Å²) in [5.74, 6) is -0.157. The molecule has 2 nitrogen and oxygen atoms in total. The Morgan fingerprint density at radius 1 is 1.30 bits per heavy atom. The number of rotatable bonds is 6. The molecule has 0 fully saturated rings. The van der Waals surface area contributed by atoms with E-state index < -0.39 is 11.7 Å². The van der Waals surface area contributed by atoms with Gasteiger partial charge >= 0.3 is 6.18 Å². The Labute approximate surface area is 122 Å². The van der Waals surface area contributed by atoms with Crippen LogP contribution in [-0.4, -0.2) is 26.3 Å². The summed E-state index contributed by atoms with van der Waals surface area (Å²) in [4.78, 5) is 1.73. The van der Waals surface area contributed by atoms with Crippen molar-refractivity contribution in [1.29, 1.82) is 0 Å². The number of benzene rings is 1. The van der Waals surface area contributed by atoms with Gasteiger partial charge in [0.05, 0.1) is 18.3 Å². The summed E-state index contributed by atoms with van der Waals surface area (Å²) in [6, 6.07) is 4.19. The minimum absolute atomic E-state index is 0.0924. The number of alkyl halides is 4. The maximum absolute atomic E-state index is 12.9. The highest BCUT2D eigenvalue weighted by Crippen LogP contribution is 2.35. The van der Waals surface area contributed by atoms with Gasteiger partial charge in [0, 0.05) is 25.2 Å². The fourth-order valence-corrected chi connectivity index (χ4v) is 1.97. The molecule has 0 atom stereocenters. The van der Waals surface area contributed by atoms with Crippen molar-refractivity contribution in [3.63, 3.8) is 0 Å². The summed E-state index contributed by atoms with van der Waals surface area (Å²) < 4.78 is 44.2. The average Bonchev–Trinajstić information content (AvgIpc) is 2.36. The maximum atomic E-state index is 12.9. The van der Waals surface area contributed by atoms with Crippen LogP contribution in [0.4, 0.5) is 18.9 Å². The van der Waals surface area contributed by atoms with Gasteiger partial charge in [-0.1, -0.05) is 6.07 Å². The predicted octanol–water partition coefficient (Wildman–Crippen LogP) is 4.31. The molecular formula is C14H19ClF3NO. The Hall–Kier alpha value is -0.940. The second-order valence-electron chi connectivity index (χ2n) is 4.81. The van der Waals surface area contributed by atoms with Crippen LogP contribution in [0.5, 0.6) is 0 Å². The molecule has 0 spiro atoms. The number of hydrogen-bond donors (Lipinski definition) is 0. The third-order valence-electron chi connectivity index (χ3n) is 2.86. The second kappa shape index (κ2) is 7.18. The molecule has 6 heteroatoms. The number of likely N-dealkylation sites (N-methyl/N-ethyl adjacent to an activating group) is 1. The molecule has 1 rings (SSSR count). The Bertz CT molecular complexity index is 435. The molecule has 0 bridgehead atoms. The first kappa shape index (κ1) is 17.1. The molecule has 0 aromatic heterocycles. The summed E-state index contributed by atoms with van der Waals surface area (Å²) in [6.07, 6.45) is -4.29. The van der Waals surface area contributed by atoms with Gasteiger partial charge in [-0.05, 0) is 31.5 Å². The zero-order valence-electron chi connectivity index (χ0n) is 11.8. The minimum Gasteiger partial charge on any atom is -0.377 e. The van der Waals surface area contributed by atoms with Crippen molar-refractivity contribution in [2.45, 2.75) is 32.0 Å². The van der Waals surface area contributed by atoms with Crippen LogP contribution in [0.15, 0.2) is 18.2 Å². The molecule has 0 unspecified atom stereocenters. The van der Waals surface area contributed by atoms with Crippen LogP contribution in [0.25, 0.3) is 0 Å².